The predicted molar refractivity (Wildman–Crippen MR) is 102 cm³/mol. The maximum Gasteiger partial charge on any atom is 0.195 e. The first kappa shape index (κ1) is 29.3. The molecule has 2 saturated heterocycles. The normalized spacial score (nSPS) is 41.6. The highest BCUT2D eigenvalue weighted by Gasteiger charge is 2.48. The van der Waals surface area contributed by atoms with Gasteiger partial charge in [-0.2, -0.15) is 0 Å². The quantitative estimate of drug-likeness (QED) is 0.125. The second kappa shape index (κ2) is 12.9. The lowest BCUT2D eigenvalue weighted by atomic mass is 9.98. The topological polar surface area (TPSA) is 277 Å². The van der Waals surface area contributed by atoms with E-state index in [1.54, 1.807) is 0 Å². The summed E-state index contributed by atoms with van der Waals surface area (Å²) in [6, 6.07) is 0. The van der Waals surface area contributed by atoms with Gasteiger partial charge in [0.05, 0.1) is 26.4 Å². The molecule has 34 heavy (non-hydrogen) atoms. The Kier molecular flexibility index (Phi) is 11.1. The van der Waals surface area contributed by atoms with Gasteiger partial charge < -0.3 is 75.1 Å². The molecule has 2 rings (SSSR count). The molecule has 13 atom stereocenters. The average Bonchev–Trinajstić information content (AvgIpc) is 2.84. The Labute approximate surface area is 192 Å². The minimum absolute atomic E-state index is 0.753. The summed E-state index contributed by atoms with van der Waals surface area (Å²) >= 11 is 0. The second-order valence-corrected chi connectivity index (χ2v) is 7.95. The number of ether oxygens (including phenoxy) is 4. The van der Waals surface area contributed by atoms with Gasteiger partial charge in [-0.1, -0.05) is 0 Å². The molecule has 2 heterocycles. The highest BCUT2D eigenvalue weighted by atomic mass is 16.7. The third-order valence-corrected chi connectivity index (χ3v) is 5.54. The van der Waals surface area contributed by atoms with Gasteiger partial charge in [-0.3, -0.25) is 4.79 Å². The Hall–Kier alpha value is -0.930. The van der Waals surface area contributed by atoms with E-state index < -0.39 is 112 Å². The Morgan fingerprint density at radius 1 is 0.735 bits per heavy atom. The number of rotatable bonds is 11. The van der Waals surface area contributed by atoms with Crippen LogP contribution >= 0.6 is 0 Å². The van der Waals surface area contributed by atoms with E-state index in [0.717, 1.165) is 0 Å². The lowest BCUT2D eigenvalue weighted by Crippen LogP contribution is -2.61. The number of Topliss-reactive ketones (excluding diaryl/α,β-unsaturated/α-hetero) is 1. The average molecular weight is 504 g/mol. The van der Waals surface area contributed by atoms with E-state index in [9.17, 15) is 55.9 Å². The minimum atomic E-state index is -2.08. The van der Waals surface area contributed by atoms with Crippen LogP contribution in [0.2, 0.25) is 0 Å². The molecule has 0 aromatic rings. The summed E-state index contributed by atoms with van der Waals surface area (Å²) in [6.07, 6.45) is -23.3. The fourth-order valence-electron chi connectivity index (χ4n) is 3.44. The van der Waals surface area contributed by atoms with Crippen molar-refractivity contribution in [1.82, 2.24) is 0 Å². The fourth-order valence-corrected chi connectivity index (χ4v) is 3.44. The fraction of sp³-hybridized carbons (Fsp3) is 0.944. The lowest BCUT2D eigenvalue weighted by Gasteiger charge is -2.41. The number of hydrogen-bond acceptors (Lipinski definition) is 16. The van der Waals surface area contributed by atoms with E-state index >= 15 is 0 Å². The molecule has 16 heteroatoms. The Balaban J connectivity index is 2.13. The summed E-state index contributed by atoms with van der Waals surface area (Å²) < 4.78 is 20.6. The first-order valence-electron chi connectivity index (χ1n) is 10.4. The zero-order chi connectivity index (χ0) is 25.7. The van der Waals surface area contributed by atoms with Crippen LogP contribution in [-0.4, -0.2) is 168 Å². The number of ketones is 1. The van der Waals surface area contributed by atoms with Gasteiger partial charge in [-0.05, 0) is 0 Å². The highest BCUT2D eigenvalue weighted by Crippen LogP contribution is 2.25. The number of carbonyl (C=O) groups excluding carboxylic acids is 1. The summed E-state index contributed by atoms with van der Waals surface area (Å²) in [5.41, 5.74) is 0. The number of aliphatic hydroxyl groups is 11. The maximum absolute atomic E-state index is 12.5. The largest absolute Gasteiger partial charge is 0.394 e. The van der Waals surface area contributed by atoms with E-state index in [-0.39, 0.29) is 0 Å². The van der Waals surface area contributed by atoms with Crippen molar-refractivity contribution in [3.8, 4) is 0 Å². The molecule has 2 fully saturated rings. The number of aliphatic hydroxyl groups excluding tert-OH is 11. The molecule has 0 aromatic carbocycles. The van der Waals surface area contributed by atoms with Crippen LogP contribution in [0.4, 0.5) is 0 Å². The molecule has 0 bridgehead atoms. The van der Waals surface area contributed by atoms with Gasteiger partial charge in [-0.25, -0.2) is 0 Å². The van der Waals surface area contributed by atoms with Crippen LogP contribution in [0.3, 0.4) is 0 Å². The minimum Gasteiger partial charge on any atom is -0.394 e. The number of hydrogen-bond donors (Lipinski definition) is 11. The second-order valence-electron chi connectivity index (χ2n) is 7.95. The van der Waals surface area contributed by atoms with Crippen LogP contribution in [0.1, 0.15) is 0 Å². The molecule has 16 nitrogen and oxygen atoms in total. The van der Waals surface area contributed by atoms with E-state index in [1.165, 1.54) is 0 Å². The molecule has 0 amide bonds. The van der Waals surface area contributed by atoms with E-state index in [4.69, 9.17) is 24.1 Å². The predicted octanol–water partition coefficient (Wildman–Crippen LogP) is -7.73. The molecule has 0 spiro atoms. The molecule has 0 radical (unpaired) electrons. The molecule has 11 N–H and O–H groups in total. The van der Waals surface area contributed by atoms with Gasteiger partial charge in [0.15, 0.2) is 18.4 Å². The van der Waals surface area contributed by atoms with Gasteiger partial charge >= 0.3 is 0 Å². The van der Waals surface area contributed by atoms with Crippen molar-refractivity contribution < 1.29 is 79.9 Å². The van der Waals surface area contributed by atoms with Crippen LogP contribution in [0.25, 0.3) is 0 Å². The van der Waals surface area contributed by atoms with Gasteiger partial charge in [0, 0.05) is 0 Å². The maximum atomic E-state index is 12.5. The van der Waals surface area contributed by atoms with Crippen molar-refractivity contribution in [3.63, 3.8) is 0 Å². The van der Waals surface area contributed by atoms with Crippen molar-refractivity contribution in [2.24, 2.45) is 0 Å². The summed E-state index contributed by atoms with van der Waals surface area (Å²) in [7, 11) is 0. The van der Waals surface area contributed by atoms with Crippen LogP contribution in [0.5, 0.6) is 0 Å². The standard InChI is InChI=1S/C18H32O16/c19-1-5(22)9(24)16(34-18-15(30)13(28)11(26)8(3-21)33-18)6(23)4-31-17-14(29)12(27)10(25)7(2-20)32-17/h5-8,10-23,25-30H,1-4H2/t5-,6+,7+,8+,10-,11-,12-,13-,14+,15+,16+,17+,18-/m0/s1. The van der Waals surface area contributed by atoms with E-state index in [1.807, 2.05) is 0 Å². The van der Waals surface area contributed by atoms with Gasteiger partial charge in [0.2, 0.25) is 0 Å². The van der Waals surface area contributed by atoms with Crippen LogP contribution in [0.15, 0.2) is 0 Å². The van der Waals surface area contributed by atoms with Crippen LogP contribution in [-0.2, 0) is 23.7 Å². The smallest absolute Gasteiger partial charge is 0.195 e. The molecule has 0 aliphatic carbocycles. The van der Waals surface area contributed by atoms with Crippen LogP contribution in [0, 0.1) is 0 Å². The first-order chi connectivity index (χ1) is 16.0. The number of carbonyl (C=O) groups is 1. The molecule has 200 valence electrons. The third kappa shape index (κ3) is 6.44. The molecule has 0 saturated carbocycles. The summed E-state index contributed by atoms with van der Waals surface area (Å²) in [6.45, 7) is -3.52. The molecular formula is C18H32O16. The SMILES string of the molecule is O=C([C@@H](O)CO)[C@H](O[C@@H]1O[C@H](CO)[C@H](O)[C@H](O)[C@H]1O)[C@H](O)CO[C@@H]1O[C@H](CO)[C@H](O)[C@H](O)[C@H]1O. The molecule has 2 aliphatic heterocycles. The zero-order valence-corrected chi connectivity index (χ0v) is 17.8. The van der Waals surface area contributed by atoms with Crippen molar-refractivity contribution in [1.29, 1.82) is 0 Å². The summed E-state index contributed by atoms with van der Waals surface area (Å²) in [5.74, 6) is -1.30. The molecule has 2 aliphatic rings. The summed E-state index contributed by atoms with van der Waals surface area (Å²) in [5, 5.41) is 107. The Bertz CT molecular complexity index is 633. The van der Waals surface area contributed by atoms with Crippen molar-refractivity contribution in [2.75, 3.05) is 26.4 Å². The highest BCUT2D eigenvalue weighted by molar-refractivity contribution is 5.87. The van der Waals surface area contributed by atoms with E-state index in [0.29, 0.717) is 0 Å². The van der Waals surface area contributed by atoms with Crippen molar-refractivity contribution in [3.05, 3.63) is 0 Å². The Morgan fingerprint density at radius 2 is 1.21 bits per heavy atom. The Morgan fingerprint density at radius 3 is 1.68 bits per heavy atom. The third-order valence-electron chi connectivity index (χ3n) is 5.54. The molecule has 0 aromatic heterocycles. The van der Waals surface area contributed by atoms with E-state index in [2.05, 4.69) is 0 Å². The zero-order valence-electron chi connectivity index (χ0n) is 17.8. The molecule has 0 unspecified atom stereocenters. The van der Waals surface area contributed by atoms with Gasteiger partial charge in [0.1, 0.15) is 67.1 Å². The monoisotopic (exact) mass is 504 g/mol. The lowest BCUT2D eigenvalue weighted by molar-refractivity contribution is -0.322. The molecular weight excluding hydrogens is 472 g/mol. The van der Waals surface area contributed by atoms with Crippen molar-refractivity contribution >= 4 is 5.78 Å². The van der Waals surface area contributed by atoms with Gasteiger partial charge in [0.25, 0.3) is 0 Å². The van der Waals surface area contributed by atoms with Gasteiger partial charge in [-0.15, -0.1) is 0 Å². The van der Waals surface area contributed by atoms with Crippen molar-refractivity contribution in [2.45, 2.75) is 79.7 Å². The first-order valence-corrected chi connectivity index (χ1v) is 10.4. The van der Waals surface area contributed by atoms with Crippen LogP contribution < -0.4 is 0 Å². The summed E-state index contributed by atoms with van der Waals surface area (Å²) in [4.78, 5) is 12.5.